The average Bonchev–Trinajstić information content (AvgIpc) is 3.07. The first-order valence-corrected chi connectivity index (χ1v) is 8.87. The van der Waals surface area contributed by atoms with E-state index in [1.165, 1.54) is 10.7 Å². The van der Waals surface area contributed by atoms with E-state index < -0.39 is 5.82 Å². The maximum absolute atomic E-state index is 14.3. The highest BCUT2D eigenvalue weighted by atomic mass is 19.1. The summed E-state index contributed by atoms with van der Waals surface area (Å²) in [6, 6.07) is 13.7. The second kappa shape index (κ2) is 8.44. The molecule has 0 saturated heterocycles. The molecular weight excluding hydrogens is 347 g/mol. The van der Waals surface area contributed by atoms with Crippen molar-refractivity contribution in [3.05, 3.63) is 54.3 Å². The first-order valence-electron chi connectivity index (χ1n) is 8.87. The normalized spacial score (nSPS) is 10.6. The summed E-state index contributed by atoms with van der Waals surface area (Å²) in [5, 5.41) is 7.17. The molecule has 1 N–H and O–H groups in total. The summed E-state index contributed by atoms with van der Waals surface area (Å²) in [5.74, 6) is -0.0753. The van der Waals surface area contributed by atoms with Crippen molar-refractivity contribution >= 4 is 11.6 Å². The highest BCUT2D eigenvalue weighted by molar-refractivity contribution is 5.90. The molecule has 0 unspecified atom stereocenters. The molecule has 0 fully saturated rings. The Kier molecular flexibility index (Phi) is 5.80. The molecule has 0 radical (unpaired) electrons. The van der Waals surface area contributed by atoms with Gasteiger partial charge in [-0.05, 0) is 49.7 Å². The maximum atomic E-state index is 14.3. The summed E-state index contributed by atoms with van der Waals surface area (Å²) in [6.07, 6.45) is 1.26. The lowest BCUT2D eigenvalue weighted by atomic mass is 10.2. The van der Waals surface area contributed by atoms with Gasteiger partial charge in [-0.3, -0.25) is 4.79 Å². The Balaban J connectivity index is 1.96. The van der Waals surface area contributed by atoms with Crippen LogP contribution in [0.3, 0.4) is 0 Å². The zero-order chi connectivity index (χ0) is 19.2. The number of anilines is 1. The van der Waals surface area contributed by atoms with Crippen molar-refractivity contribution in [2.45, 2.75) is 26.7 Å². The van der Waals surface area contributed by atoms with Gasteiger partial charge in [0.25, 0.3) is 0 Å². The van der Waals surface area contributed by atoms with E-state index >= 15 is 0 Å². The molecule has 2 aromatic carbocycles. The van der Waals surface area contributed by atoms with Gasteiger partial charge in [0.1, 0.15) is 5.82 Å². The fraction of sp³-hybridized carbons (Fsp3) is 0.250. The van der Waals surface area contributed by atoms with Crippen LogP contribution in [0, 0.1) is 5.82 Å². The molecule has 0 aliphatic carbocycles. The smallest absolute Gasteiger partial charge is 0.336 e. The zero-order valence-electron chi connectivity index (χ0n) is 15.3. The lowest BCUT2D eigenvalue weighted by Crippen LogP contribution is -2.10. The van der Waals surface area contributed by atoms with Crippen LogP contribution in [0.1, 0.15) is 26.7 Å². The molecule has 0 saturated carbocycles. The van der Waals surface area contributed by atoms with Crippen LogP contribution in [0.15, 0.2) is 48.5 Å². The topological polar surface area (TPSA) is 69.0 Å². The Bertz CT molecular complexity index is 922. The van der Waals surface area contributed by atoms with Gasteiger partial charge in [-0.25, -0.2) is 9.07 Å². The van der Waals surface area contributed by atoms with Crippen molar-refractivity contribution in [2.24, 2.45) is 0 Å². The molecule has 6 nitrogen and oxygen atoms in total. The van der Waals surface area contributed by atoms with Gasteiger partial charge in [0, 0.05) is 12.1 Å². The van der Waals surface area contributed by atoms with E-state index in [2.05, 4.69) is 15.4 Å². The van der Waals surface area contributed by atoms with E-state index in [0.717, 1.165) is 6.42 Å². The fourth-order valence-electron chi connectivity index (χ4n) is 2.62. The molecule has 3 aromatic rings. The third-order valence-electron chi connectivity index (χ3n) is 3.85. The molecule has 1 heterocycles. The van der Waals surface area contributed by atoms with Crippen LogP contribution in [0.5, 0.6) is 6.01 Å². The number of nitrogens with one attached hydrogen (secondary N) is 1. The second-order valence-corrected chi connectivity index (χ2v) is 5.89. The Morgan fingerprint density at radius 3 is 2.56 bits per heavy atom. The van der Waals surface area contributed by atoms with Crippen molar-refractivity contribution in [3.8, 4) is 23.1 Å². The van der Waals surface area contributed by atoms with Crippen molar-refractivity contribution in [1.82, 2.24) is 14.8 Å². The number of carbonyl (C=O) groups is 1. The summed E-state index contributed by atoms with van der Waals surface area (Å²) < 4.78 is 21.2. The Labute approximate surface area is 157 Å². The van der Waals surface area contributed by atoms with Crippen LogP contribution in [0.25, 0.3) is 17.1 Å². The van der Waals surface area contributed by atoms with E-state index in [1.807, 2.05) is 13.8 Å². The van der Waals surface area contributed by atoms with E-state index in [-0.39, 0.29) is 11.9 Å². The largest absolute Gasteiger partial charge is 0.463 e. The lowest BCUT2D eigenvalue weighted by molar-refractivity contribution is -0.116. The molecule has 27 heavy (non-hydrogen) atoms. The van der Waals surface area contributed by atoms with Crippen LogP contribution in [0.2, 0.25) is 0 Å². The number of ether oxygens (including phenoxy) is 1. The van der Waals surface area contributed by atoms with Crippen molar-refractivity contribution in [3.63, 3.8) is 0 Å². The van der Waals surface area contributed by atoms with Crippen molar-refractivity contribution in [1.29, 1.82) is 0 Å². The highest BCUT2D eigenvalue weighted by Crippen LogP contribution is 2.26. The van der Waals surface area contributed by atoms with E-state index in [4.69, 9.17) is 4.74 Å². The predicted molar refractivity (Wildman–Crippen MR) is 101 cm³/mol. The average molecular weight is 368 g/mol. The molecule has 0 bridgehead atoms. The van der Waals surface area contributed by atoms with Gasteiger partial charge in [-0.15, -0.1) is 5.10 Å². The van der Waals surface area contributed by atoms with Crippen LogP contribution in [-0.4, -0.2) is 27.3 Å². The van der Waals surface area contributed by atoms with Crippen molar-refractivity contribution < 1.29 is 13.9 Å². The third-order valence-corrected chi connectivity index (χ3v) is 3.85. The Hall–Kier alpha value is -3.22. The third kappa shape index (κ3) is 4.31. The molecule has 0 aliphatic rings. The molecule has 0 spiro atoms. The number of amides is 1. The van der Waals surface area contributed by atoms with Gasteiger partial charge < -0.3 is 10.1 Å². The summed E-state index contributed by atoms with van der Waals surface area (Å²) in [5.41, 5.74) is 1.70. The molecule has 7 heteroatoms. The predicted octanol–water partition coefficient (Wildman–Crippen LogP) is 4.21. The Morgan fingerprint density at radius 2 is 1.89 bits per heavy atom. The first-order chi connectivity index (χ1) is 13.1. The summed E-state index contributed by atoms with van der Waals surface area (Å²) in [7, 11) is 0. The molecule has 0 aliphatic heterocycles. The fourth-order valence-corrected chi connectivity index (χ4v) is 2.62. The number of carbonyl (C=O) groups excluding carboxylic acids is 1. The highest BCUT2D eigenvalue weighted by Gasteiger charge is 2.17. The zero-order valence-corrected chi connectivity index (χ0v) is 15.3. The minimum atomic E-state index is -0.391. The maximum Gasteiger partial charge on any atom is 0.336 e. The van der Waals surface area contributed by atoms with E-state index in [1.54, 1.807) is 42.5 Å². The number of rotatable bonds is 7. The van der Waals surface area contributed by atoms with E-state index in [0.29, 0.717) is 35.8 Å². The number of hydrogen-bond donors (Lipinski definition) is 1. The summed E-state index contributed by atoms with van der Waals surface area (Å²) in [4.78, 5) is 16.0. The van der Waals surface area contributed by atoms with Gasteiger partial charge >= 0.3 is 6.01 Å². The molecular formula is C20H21FN4O2. The molecule has 0 atom stereocenters. The van der Waals surface area contributed by atoms with Crippen molar-refractivity contribution in [2.75, 3.05) is 11.9 Å². The first kappa shape index (κ1) is 18.6. The summed E-state index contributed by atoms with van der Waals surface area (Å²) in [6.45, 7) is 4.19. The second-order valence-electron chi connectivity index (χ2n) is 5.89. The summed E-state index contributed by atoms with van der Waals surface area (Å²) >= 11 is 0. The lowest BCUT2D eigenvalue weighted by Gasteiger charge is -2.08. The van der Waals surface area contributed by atoms with Gasteiger partial charge in [0.15, 0.2) is 5.82 Å². The number of halogens is 1. The molecule has 3 rings (SSSR count). The number of benzene rings is 2. The van der Waals surface area contributed by atoms with Gasteiger partial charge in [-0.2, -0.15) is 4.98 Å². The standard InChI is InChI=1S/C20H21FN4O2/c1-3-7-18(26)22-14-10-12-15(13-11-14)25-19(23-20(24-25)27-4-2)16-8-5-6-9-17(16)21/h5-6,8-13H,3-4,7H2,1-2H3,(H,22,26). The van der Waals surface area contributed by atoms with Gasteiger partial charge in [0.05, 0.1) is 17.9 Å². The minimum Gasteiger partial charge on any atom is -0.463 e. The van der Waals surface area contributed by atoms with E-state index in [9.17, 15) is 9.18 Å². The van der Waals surface area contributed by atoms with Crippen LogP contribution in [0.4, 0.5) is 10.1 Å². The monoisotopic (exact) mass is 368 g/mol. The quantitative estimate of drug-likeness (QED) is 0.678. The minimum absolute atomic E-state index is 0.0308. The number of nitrogens with zero attached hydrogens (tertiary/aromatic N) is 3. The van der Waals surface area contributed by atoms with Crippen LogP contribution < -0.4 is 10.1 Å². The van der Waals surface area contributed by atoms with Crippen LogP contribution >= 0.6 is 0 Å². The number of hydrogen-bond acceptors (Lipinski definition) is 4. The van der Waals surface area contributed by atoms with Gasteiger partial charge in [0.2, 0.25) is 5.91 Å². The molecule has 1 aromatic heterocycles. The molecule has 140 valence electrons. The Morgan fingerprint density at radius 1 is 1.15 bits per heavy atom. The SMILES string of the molecule is CCCC(=O)Nc1ccc(-n2nc(OCC)nc2-c2ccccc2F)cc1. The number of aromatic nitrogens is 3. The van der Waals surface area contributed by atoms with Gasteiger partial charge in [-0.1, -0.05) is 19.1 Å². The molecule has 1 amide bonds. The van der Waals surface area contributed by atoms with Crippen LogP contribution in [-0.2, 0) is 4.79 Å².